The van der Waals surface area contributed by atoms with E-state index in [1.807, 2.05) is 42.7 Å². The van der Waals surface area contributed by atoms with Gasteiger partial charge in [0.2, 0.25) is 0 Å². The van der Waals surface area contributed by atoms with Crippen molar-refractivity contribution in [1.82, 2.24) is 24.8 Å². The van der Waals surface area contributed by atoms with E-state index in [1.165, 1.54) is 5.56 Å². The Kier molecular flexibility index (Phi) is 6.57. The average molecular weight is 415 g/mol. The van der Waals surface area contributed by atoms with E-state index < -0.39 is 0 Å². The lowest BCUT2D eigenvalue weighted by Gasteiger charge is -2.12. The molecule has 4 rings (SSSR count). The maximum Gasteiger partial charge on any atom is 0.152 e. The highest BCUT2D eigenvalue weighted by Gasteiger charge is 2.16. The fourth-order valence-corrected chi connectivity index (χ4v) is 3.91. The van der Waals surface area contributed by atoms with Gasteiger partial charge in [-0.3, -0.25) is 4.98 Å². The zero-order valence-corrected chi connectivity index (χ0v) is 18.3. The van der Waals surface area contributed by atoms with Crippen LogP contribution in [0, 0.1) is 0 Å². The fraction of sp³-hybridized carbons (Fsp3) is 0.320. The van der Waals surface area contributed by atoms with E-state index in [4.69, 9.17) is 10.7 Å². The Bertz CT molecular complexity index is 1180. The topological polar surface area (TPSA) is 81.6 Å². The summed E-state index contributed by atoms with van der Waals surface area (Å²) >= 11 is 0. The molecule has 1 aromatic carbocycles. The summed E-state index contributed by atoms with van der Waals surface area (Å²) in [5.41, 5.74) is 10.3. The number of nitrogens with one attached hydrogen (secondary N) is 1. The Hall–Kier alpha value is -3.25. The molecule has 0 fully saturated rings. The van der Waals surface area contributed by atoms with E-state index in [0.29, 0.717) is 5.82 Å². The number of anilines is 1. The van der Waals surface area contributed by atoms with E-state index in [0.717, 1.165) is 60.1 Å². The molecule has 6 nitrogen and oxygen atoms in total. The number of benzene rings is 1. The first kappa shape index (κ1) is 21.0. The number of pyridine rings is 2. The van der Waals surface area contributed by atoms with E-state index in [9.17, 15) is 0 Å². The number of allylic oxidation sites excluding steroid dienone is 1. The monoisotopic (exact) mass is 414 g/mol. The molecule has 6 heteroatoms. The van der Waals surface area contributed by atoms with Crippen LogP contribution >= 0.6 is 0 Å². The third-order valence-electron chi connectivity index (χ3n) is 5.65. The van der Waals surface area contributed by atoms with Crippen LogP contribution in [0.3, 0.4) is 0 Å². The van der Waals surface area contributed by atoms with Gasteiger partial charge in [0.05, 0.1) is 11.0 Å². The molecular weight excluding hydrogens is 384 g/mol. The van der Waals surface area contributed by atoms with Crippen LogP contribution in [-0.4, -0.2) is 26.1 Å². The second kappa shape index (κ2) is 9.71. The van der Waals surface area contributed by atoms with Crippen LogP contribution in [0.25, 0.3) is 21.9 Å². The molecule has 1 atom stereocenters. The van der Waals surface area contributed by atoms with Gasteiger partial charge < -0.3 is 15.6 Å². The molecule has 0 aliphatic carbocycles. The van der Waals surface area contributed by atoms with Crippen molar-refractivity contribution in [2.45, 2.75) is 45.7 Å². The molecule has 1 unspecified atom stereocenters. The summed E-state index contributed by atoms with van der Waals surface area (Å²) in [5.74, 6) is 1.58. The second-order valence-electron chi connectivity index (χ2n) is 7.84. The van der Waals surface area contributed by atoms with Crippen LogP contribution in [0.2, 0.25) is 0 Å². The van der Waals surface area contributed by atoms with Gasteiger partial charge in [-0.05, 0) is 37.1 Å². The number of nitrogen functional groups attached to an aromatic ring is 1. The standard InChI is InChI=1S/C25H30N6/c1-3-4-11-22-30-23-24(20-9-5-6-10-21(20)29-25(23)26)31(22)17-8-7-14-28-18(2)19-12-15-27-16-13-19/h5-10,12-13,15-16,18,28H,3-4,11,14,17H2,1-2H3,(H2,26,29)/b8-7+. The molecule has 0 saturated heterocycles. The number of hydrogen-bond acceptors (Lipinski definition) is 5. The van der Waals surface area contributed by atoms with Crippen LogP contribution in [0.5, 0.6) is 0 Å². The third kappa shape index (κ3) is 4.59. The quantitative estimate of drug-likeness (QED) is 0.384. The number of nitrogens with zero attached hydrogens (tertiary/aromatic N) is 4. The highest BCUT2D eigenvalue weighted by molar-refractivity contribution is 6.06. The molecular formula is C25H30N6. The van der Waals surface area contributed by atoms with Crippen molar-refractivity contribution in [2.75, 3.05) is 12.3 Å². The Morgan fingerprint density at radius 3 is 2.71 bits per heavy atom. The smallest absolute Gasteiger partial charge is 0.152 e. The first-order valence-electron chi connectivity index (χ1n) is 11.0. The molecule has 31 heavy (non-hydrogen) atoms. The summed E-state index contributed by atoms with van der Waals surface area (Å²) in [6, 6.07) is 12.5. The maximum atomic E-state index is 6.28. The molecule has 0 amide bonds. The molecule has 3 aromatic heterocycles. The van der Waals surface area contributed by atoms with Crippen molar-refractivity contribution in [1.29, 1.82) is 0 Å². The lowest BCUT2D eigenvalue weighted by molar-refractivity contribution is 0.615. The first-order chi connectivity index (χ1) is 15.2. The highest BCUT2D eigenvalue weighted by Crippen LogP contribution is 2.29. The minimum atomic E-state index is 0.275. The Balaban J connectivity index is 1.57. The molecule has 0 aliphatic heterocycles. The highest BCUT2D eigenvalue weighted by atomic mass is 15.1. The van der Waals surface area contributed by atoms with Gasteiger partial charge in [0.1, 0.15) is 11.3 Å². The first-order valence-corrected chi connectivity index (χ1v) is 11.0. The zero-order valence-electron chi connectivity index (χ0n) is 18.3. The number of fused-ring (bicyclic) bond motifs is 3. The maximum absolute atomic E-state index is 6.28. The molecule has 0 radical (unpaired) electrons. The van der Waals surface area contributed by atoms with Gasteiger partial charge in [0.15, 0.2) is 5.82 Å². The van der Waals surface area contributed by atoms with Gasteiger partial charge in [-0.15, -0.1) is 0 Å². The van der Waals surface area contributed by atoms with Gasteiger partial charge in [0.25, 0.3) is 0 Å². The van der Waals surface area contributed by atoms with Crippen molar-refractivity contribution in [3.63, 3.8) is 0 Å². The average Bonchev–Trinajstić information content (AvgIpc) is 3.17. The Morgan fingerprint density at radius 1 is 1.10 bits per heavy atom. The summed E-state index contributed by atoms with van der Waals surface area (Å²) in [5, 5.41) is 4.63. The molecule has 160 valence electrons. The molecule has 0 saturated carbocycles. The number of unbranched alkanes of at least 4 members (excludes halogenated alkanes) is 1. The van der Waals surface area contributed by atoms with E-state index >= 15 is 0 Å². The van der Waals surface area contributed by atoms with Crippen molar-refractivity contribution in [2.24, 2.45) is 0 Å². The zero-order chi connectivity index (χ0) is 21.6. The number of hydrogen-bond donors (Lipinski definition) is 2. The summed E-state index contributed by atoms with van der Waals surface area (Å²) in [4.78, 5) is 13.5. The van der Waals surface area contributed by atoms with Gasteiger partial charge in [-0.2, -0.15) is 0 Å². The molecule has 0 bridgehead atoms. The predicted octanol–water partition coefficient (Wildman–Crippen LogP) is 4.81. The SMILES string of the molecule is CCCCc1nc2c(N)nc3ccccc3c2n1C/C=C/CNC(C)c1ccncc1. The van der Waals surface area contributed by atoms with Crippen LogP contribution in [-0.2, 0) is 13.0 Å². The van der Waals surface area contributed by atoms with E-state index in [2.05, 4.69) is 51.9 Å². The van der Waals surface area contributed by atoms with Crippen molar-refractivity contribution in [3.8, 4) is 0 Å². The summed E-state index contributed by atoms with van der Waals surface area (Å²) in [6.45, 7) is 5.92. The molecule has 0 aliphatic rings. The van der Waals surface area contributed by atoms with Gasteiger partial charge >= 0.3 is 0 Å². The Labute approximate surface area is 183 Å². The number of rotatable bonds is 9. The largest absolute Gasteiger partial charge is 0.382 e. The van der Waals surface area contributed by atoms with Crippen molar-refractivity contribution < 1.29 is 0 Å². The summed E-state index contributed by atoms with van der Waals surface area (Å²) < 4.78 is 2.30. The minimum absolute atomic E-state index is 0.275. The number of aromatic nitrogens is 4. The minimum Gasteiger partial charge on any atom is -0.382 e. The molecule has 0 spiro atoms. The van der Waals surface area contributed by atoms with Crippen LogP contribution < -0.4 is 11.1 Å². The normalized spacial score (nSPS) is 12.8. The number of para-hydroxylation sites is 1. The van der Waals surface area contributed by atoms with Crippen molar-refractivity contribution in [3.05, 3.63) is 72.3 Å². The summed E-state index contributed by atoms with van der Waals surface area (Å²) in [6.07, 6.45) is 11.2. The molecule has 3 heterocycles. The second-order valence-corrected chi connectivity index (χ2v) is 7.84. The summed E-state index contributed by atoms with van der Waals surface area (Å²) in [7, 11) is 0. The lowest BCUT2D eigenvalue weighted by Crippen LogP contribution is -2.18. The van der Waals surface area contributed by atoms with Crippen molar-refractivity contribution >= 4 is 27.8 Å². The third-order valence-corrected chi connectivity index (χ3v) is 5.65. The number of aryl methyl sites for hydroxylation is 1. The lowest BCUT2D eigenvalue weighted by atomic mass is 10.1. The molecule has 4 aromatic rings. The van der Waals surface area contributed by atoms with Crippen LogP contribution in [0.4, 0.5) is 5.82 Å². The number of imidazole rings is 1. The van der Waals surface area contributed by atoms with E-state index in [1.54, 1.807) is 0 Å². The fourth-order valence-electron chi connectivity index (χ4n) is 3.91. The van der Waals surface area contributed by atoms with Crippen LogP contribution in [0.15, 0.2) is 60.9 Å². The predicted molar refractivity (Wildman–Crippen MR) is 128 cm³/mol. The van der Waals surface area contributed by atoms with Gasteiger partial charge in [-0.1, -0.05) is 43.7 Å². The Morgan fingerprint density at radius 2 is 1.90 bits per heavy atom. The van der Waals surface area contributed by atoms with E-state index in [-0.39, 0.29) is 6.04 Å². The number of nitrogens with two attached hydrogens (primary N) is 1. The van der Waals surface area contributed by atoms with Gasteiger partial charge in [-0.25, -0.2) is 9.97 Å². The van der Waals surface area contributed by atoms with Gasteiger partial charge in [0, 0.05) is 43.3 Å². The molecule has 3 N–H and O–H groups in total. The van der Waals surface area contributed by atoms with Crippen LogP contribution in [0.1, 0.15) is 44.1 Å².